The van der Waals surface area contributed by atoms with E-state index in [1.165, 1.54) is 18.4 Å². The molecule has 90 valence electrons. The van der Waals surface area contributed by atoms with Crippen LogP contribution in [0.2, 0.25) is 5.02 Å². The van der Waals surface area contributed by atoms with Crippen LogP contribution in [0.1, 0.15) is 32.3 Å². The molecule has 1 rings (SSSR count). The third-order valence-corrected chi connectivity index (χ3v) is 3.31. The molecule has 0 fully saturated rings. The highest BCUT2D eigenvalue weighted by atomic mass is 35.5. The maximum absolute atomic E-state index is 5.86. The predicted molar refractivity (Wildman–Crippen MR) is 72.1 cm³/mol. The molecule has 0 aliphatic carbocycles. The largest absolute Gasteiger partial charge is 0.320 e. The topological polar surface area (TPSA) is 12.0 Å². The minimum atomic E-state index is 0.405. The molecular formula is C14H22ClN. The van der Waals surface area contributed by atoms with Crippen molar-refractivity contribution in [3.63, 3.8) is 0 Å². The SMILES string of the molecule is CNCCC(C)(C)CCc1ccc(Cl)cc1. The first kappa shape index (κ1) is 13.5. The number of rotatable bonds is 6. The average molecular weight is 240 g/mol. The molecule has 0 atom stereocenters. The van der Waals surface area contributed by atoms with Crippen molar-refractivity contribution in [1.82, 2.24) is 5.32 Å². The summed E-state index contributed by atoms with van der Waals surface area (Å²) in [7, 11) is 2.01. The summed E-state index contributed by atoms with van der Waals surface area (Å²) in [5.74, 6) is 0. The van der Waals surface area contributed by atoms with E-state index in [1.54, 1.807) is 0 Å². The van der Waals surface area contributed by atoms with Crippen LogP contribution in [0.4, 0.5) is 0 Å². The first-order valence-electron chi connectivity index (χ1n) is 5.92. The number of hydrogen-bond donors (Lipinski definition) is 1. The molecule has 0 radical (unpaired) electrons. The molecule has 0 saturated carbocycles. The predicted octanol–water partition coefficient (Wildman–Crippen LogP) is 3.91. The maximum atomic E-state index is 5.86. The summed E-state index contributed by atoms with van der Waals surface area (Å²) in [5, 5.41) is 4.03. The second kappa shape index (κ2) is 6.27. The van der Waals surface area contributed by atoms with Crippen LogP contribution in [0, 0.1) is 5.41 Å². The summed E-state index contributed by atoms with van der Waals surface area (Å²) >= 11 is 5.86. The molecule has 0 aliphatic heterocycles. The highest BCUT2D eigenvalue weighted by Crippen LogP contribution is 2.26. The number of nitrogens with one attached hydrogen (secondary N) is 1. The zero-order valence-electron chi connectivity index (χ0n) is 10.5. The van der Waals surface area contributed by atoms with Crippen LogP contribution in [0.5, 0.6) is 0 Å². The van der Waals surface area contributed by atoms with Crippen molar-refractivity contribution in [3.8, 4) is 0 Å². The summed E-state index contributed by atoms with van der Waals surface area (Å²) in [6, 6.07) is 8.18. The Morgan fingerprint density at radius 1 is 1.12 bits per heavy atom. The zero-order valence-corrected chi connectivity index (χ0v) is 11.3. The van der Waals surface area contributed by atoms with E-state index in [0.717, 1.165) is 18.0 Å². The van der Waals surface area contributed by atoms with Gasteiger partial charge < -0.3 is 5.32 Å². The number of halogens is 1. The van der Waals surface area contributed by atoms with Crippen molar-refractivity contribution in [2.75, 3.05) is 13.6 Å². The first-order chi connectivity index (χ1) is 7.53. The van der Waals surface area contributed by atoms with Crippen LogP contribution in [0.15, 0.2) is 24.3 Å². The fraction of sp³-hybridized carbons (Fsp3) is 0.571. The molecule has 0 saturated heterocycles. The van der Waals surface area contributed by atoms with Gasteiger partial charge in [-0.05, 0) is 56.0 Å². The Bertz CT molecular complexity index is 303. The molecule has 0 unspecified atom stereocenters. The summed E-state index contributed by atoms with van der Waals surface area (Å²) in [6.45, 7) is 5.76. The van der Waals surface area contributed by atoms with E-state index in [2.05, 4.69) is 31.3 Å². The Balaban J connectivity index is 2.41. The van der Waals surface area contributed by atoms with Crippen molar-refractivity contribution in [2.45, 2.75) is 33.1 Å². The monoisotopic (exact) mass is 239 g/mol. The molecule has 1 aromatic carbocycles. The Morgan fingerprint density at radius 3 is 2.31 bits per heavy atom. The molecule has 1 N–H and O–H groups in total. The van der Waals surface area contributed by atoms with E-state index in [-0.39, 0.29) is 0 Å². The van der Waals surface area contributed by atoms with Gasteiger partial charge in [0.15, 0.2) is 0 Å². The van der Waals surface area contributed by atoms with E-state index in [0.29, 0.717) is 5.41 Å². The molecule has 2 heteroatoms. The number of hydrogen-bond acceptors (Lipinski definition) is 1. The van der Waals surface area contributed by atoms with Crippen molar-refractivity contribution in [2.24, 2.45) is 5.41 Å². The van der Waals surface area contributed by atoms with Crippen LogP contribution < -0.4 is 5.32 Å². The van der Waals surface area contributed by atoms with Crippen LogP contribution in [-0.4, -0.2) is 13.6 Å². The van der Waals surface area contributed by atoms with Gasteiger partial charge in [0.1, 0.15) is 0 Å². The van der Waals surface area contributed by atoms with Crippen molar-refractivity contribution < 1.29 is 0 Å². The Hall–Kier alpha value is -0.530. The summed E-state index contributed by atoms with van der Waals surface area (Å²) < 4.78 is 0. The van der Waals surface area contributed by atoms with Gasteiger partial charge in [-0.1, -0.05) is 37.6 Å². The van der Waals surface area contributed by atoms with E-state index in [9.17, 15) is 0 Å². The Kier molecular flexibility index (Phi) is 5.30. The summed E-state index contributed by atoms with van der Waals surface area (Å²) in [6.07, 6.45) is 3.57. The highest BCUT2D eigenvalue weighted by molar-refractivity contribution is 6.30. The van der Waals surface area contributed by atoms with E-state index >= 15 is 0 Å². The first-order valence-corrected chi connectivity index (χ1v) is 6.30. The fourth-order valence-electron chi connectivity index (χ4n) is 1.72. The summed E-state index contributed by atoms with van der Waals surface area (Å²) in [4.78, 5) is 0. The van der Waals surface area contributed by atoms with Gasteiger partial charge in [-0.3, -0.25) is 0 Å². The van der Waals surface area contributed by atoms with Crippen molar-refractivity contribution in [3.05, 3.63) is 34.9 Å². The van der Waals surface area contributed by atoms with Crippen molar-refractivity contribution in [1.29, 1.82) is 0 Å². The van der Waals surface area contributed by atoms with E-state index in [1.807, 2.05) is 19.2 Å². The lowest BCUT2D eigenvalue weighted by atomic mass is 9.83. The van der Waals surface area contributed by atoms with Gasteiger partial charge in [-0.2, -0.15) is 0 Å². The van der Waals surface area contributed by atoms with Crippen molar-refractivity contribution >= 4 is 11.6 Å². The lowest BCUT2D eigenvalue weighted by molar-refractivity contribution is 0.305. The third-order valence-electron chi connectivity index (χ3n) is 3.06. The molecule has 0 bridgehead atoms. The Morgan fingerprint density at radius 2 is 1.75 bits per heavy atom. The average Bonchev–Trinajstić information content (AvgIpc) is 2.26. The van der Waals surface area contributed by atoms with Crippen LogP contribution in [0.3, 0.4) is 0 Å². The Labute approximate surface area is 104 Å². The molecule has 1 nitrogen and oxygen atoms in total. The van der Waals surface area contributed by atoms with Gasteiger partial charge in [-0.15, -0.1) is 0 Å². The molecule has 1 aromatic rings. The maximum Gasteiger partial charge on any atom is 0.0406 e. The van der Waals surface area contributed by atoms with Gasteiger partial charge in [-0.25, -0.2) is 0 Å². The quantitative estimate of drug-likeness (QED) is 0.794. The molecule has 0 heterocycles. The molecule has 0 spiro atoms. The lowest BCUT2D eigenvalue weighted by Crippen LogP contribution is -2.20. The highest BCUT2D eigenvalue weighted by Gasteiger charge is 2.16. The molecule has 0 aromatic heterocycles. The summed E-state index contributed by atoms with van der Waals surface area (Å²) in [5.41, 5.74) is 1.78. The van der Waals surface area contributed by atoms with Gasteiger partial charge in [0, 0.05) is 5.02 Å². The molecular weight excluding hydrogens is 218 g/mol. The second-order valence-electron chi connectivity index (χ2n) is 5.14. The third kappa shape index (κ3) is 5.00. The van der Waals surface area contributed by atoms with Gasteiger partial charge >= 0.3 is 0 Å². The smallest absolute Gasteiger partial charge is 0.0406 e. The van der Waals surface area contributed by atoms with E-state index in [4.69, 9.17) is 11.6 Å². The van der Waals surface area contributed by atoms with Crippen LogP contribution in [0.25, 0.3) is 0 Å². The molecule has 16 heavy (non-hydrogen) atoms. The minimum absolute atomic E-state index is 0.405. The van der Waals surface area contributed by atoms with Gasteiger partial charge in [0.05, 0.1) is 0 Å². The normalized spacial score (nSPS) is 11.8. The second-order valence-corrected chi connectivity index (χ2v) is 5.58. The number of aryl methyl sites for hydroxylation is 1. The van der Waals surface area contributed by atoms with Gasteiger partial charge in [0.25, 0.3) is 0 Å². The number of benzene rings is 1. The fourth-order valence-corrected chi connectivity index (χ4v) is 1.85. The molecule has 0 aliphatic rings. The minimum Gasteiger partial charge on any atom is -0.320 e. The lowest BCUT2D eigenvalue weighted by Gasteiger charge is -2.24. The van der Waals surface area contributed by atoms with E-state index < -0.39 is 0 Å². The van der Waals surface area contributed by atoms with Gasteiger partial charge in [0.2, 0.25) is 0 Å². The standard InChI is InChI=1S/C14H22ClN/c1-14(2,10-11-16-3)9-8-12-4-6-13(15)7-5-12/h4-7,16H,8-11H2,1-3H3. The van der Waals surface area contributed by atoms with Crippen LogP contribution >= 0.6 is 11.6 Å². The zero-order chi connectivity index (χ0) is 12.0. The molecule has 0 amide bonds. The van der Waals surface area contributed by atoms with Crippen LogP contribution in [-0.2, 0) is 6.42 Å².